The molecule has 2 amide bonds. The molecule has 1 aromatic heterocycles. The van der Waals surface area contributed by atoms with Crippen LogP contribution in [-0.2, 0) is 11.3 Å². The van der Waals surface area contributed by atoms with Gasteiger partial charge in [-0.15, -0.1) is 0 Å². The molecule has 0 aromatic carbocycles. The van der Waals surface area contributed by atoms with Crippen molar-refractivity contribution in [3.05, 3.63) is 23.7 Å². The van der Waals surface area contributed by atoms with Crippen molar-refractivity contribution in [2.75, 3.05) is 26.2 Å². The number of carbonyl (C=O) groups excluding carboxylic acids is 2. The Bertz CT molecular complexity index is 660. The maximum Gasteiger partial charge on any atom is 0.289 e. The third-order valence-electron chi connectivity index (χ3n) is 5.64. The molecule has 2 aliphatic rings. The first-order valence-corrected chi connectivity index (χ1v) is 10.1. The van der Waals surface area contributed by atoms with E-state index in [1.807, 2.05) is 6.07 Å². The lowest BCUT2D eigenvalue weighted by Crippen LogP contribution is -2.53. The molecule has 2 fully saturated rings. The van der Waals surface area contributed by atoms with Gasteiger partial charge in [-0.1, -0.05) is 13.8 Å². The summed E-state index contributed by atoms with van der Waals surface area (Å²) in [5, 5.41) is 12.8. The predicted molar refractivity (Wildman–Crippen MR) is 101 cm³/mol. The van der Waals surface area contributed by atoms with E-state index in [1.54, 1.807) is 11.0 Å². The zero-order valence-electron chi connectivity index (χ0n) is 16.4. The highest BCUT2D eigenvalue weighted by atomic mass is 16.4. The monoisotopic (exact) mass is 377 g/mol. The maximum absolute atomic E-state index is 12.9. The molecule has 0 bridgehead atoms. The molecular weight excluding hydrogens is 346 g/mol. The van der Waals surface area contributed by atoms with Crippen molar-refractivity contribution in [3.8, 4) is 0 Å². The van der Waals surface area contributed by atoms with Crippen molar-refractivity contribution in [2.24, 2.45) is 0 Å². The minimum Gasteiger partial charge on any atom is -0.455 e. The number of amides is 2. The molecule has 0 unspecified atom stereocenters. The number of rotatable bonds is 10. The molecule has 27 heavy (non-hydrogen) atoms. The largest absolute Gasteiger partial charge is 0.455 e. The van der Waals surface area contributed by atoms with Crippen LogP contribution in [0.2, 0.25) is 0 Å². The lowest BCUT2D eigenvalue weighted by molar-refractivity contribution is -0.148. The van der Waals surface area contributed by atoms with Crippen molar-refractivity contribution in [1.82, 2.24) is 15.1 Å². The first-order valence-electron chi connectivity index (χ1n) is 10.1. The van der Waals surface area contributed by atoms with E-state index >= 15 is 0 Å². The average Bonchev–Trinajstić information content (AvgIpc) is 3.38. The van der Waals surface area contributed by atoms with Gasteiger partial charge in [-0.25, -0.2) is 0 Å². The summed E-state index contributed by atoms with van der Waals surface area (Å²) < 4.78 is 5.79. The van der Waals surface area contributed by atoms with Crippen LogP contribution in [0.4, 0.5) is 0 Å². The Balaban J connectivity index is 1.54. The van der Waals surface area contributed by atoms with Gasteiger partial charge >= 0.3 is 0 Å². The molecule has 7 heteroatoms. The zero-order valence-corrected chi connectivity index (χ0v) is 16.4. The van der Waals surface area contributed by atoms with Crippen molar-refractivity contribution >= 4 is 11.8 Å². The Hall–Kier alpha value is -1.86. The molecule has 7 nitrogen and oxygen atoms in total. The average molecular weight is 377 g/mol. The van der Waals surface area contributed by atoms with E-state index in [0.29, 0.717) is 38.2 Å². The van der Waals surface area contributed by atoms with Gasteiger partial charge in [0.1, 0.15) is 11.4 Å². The van der Waals surface area contributed by atoms with E-state index in [2.05, 4.69) is 24.1 Å². The molecule has 0 spiro atoms. The molecule has 150 valence electrons. The van der Waals surface area contributed by atoms with Gasteiger partial charge in [0.2, 0.25) is 0 Å². The van der Waals surface area contributed by atoms with Crippen LogP contribution in [0.1, 0.15) is 62.3 Å². The third-order valence-corrected chi connectivity index (χ3v) is 5.64. The second-order valence-electron chi connectivity index (χ2n) is 7.60. The Morgan fingerprint density at radius 2 is 1.96 bits per heavy atom. The van der Waals surface area contributed by atoms with E-state index in [1.165, 1.54) is 0 Å². The molecule has 1 aromatic rings. The van der Waals surface area contributed by atoms with E-state index in [4.69, 9.17) is 4.42 Å². The Morgan fingerprint density at radius 3 is 2.52 bits per heavy atom. The van der Waals surface area contributed by atoms with Gasteiger partial charge in [0, 0.05) is 19.1 Å². The molecule has 0 saturated heterocycles. The van der Waals surface area contributed by atoms with Crippen LogP contribution < -0.4 is 5.32 Å². The highest BCUT2D eigenvalue weighted by molar-refractivity contribution is 5.92. The number of furan rings is 1. The van der Waals surface area contributed by atoms with Crippen LogP contribution >= 0.6 is 0 Å². The predicted octanol–water partition coefficient (Wildman–Crippen LogP) is 1.76. The van der Waals surface area contributed by atoms with Crippen LogP contribution in [0.15, 0.2) is 16.5 Å². The quantitative estimate of drug-likeness (QED) is 0.649. The second-order valence-corrected chi connectivity index (χ2v) is 7.60. The van der Waals surface area contributed by atoms with Gasteiger partial charge in [-0.2, -0.15) is 0 Å². The third kappa shape index (κ3) is 4.71. The molecule has 2 N–H and O–H groups in total. The molecular formula is C20H31N3O4. The van der Waals surface area contributed by atoms with Gasteiger partial charge in [-0.3, -0.25) is 14.5 Å². The Morgan fingerprint density at radius 1 is 1.26 bits per heavy atom. The molecule has 3 rings (SSSR count). The summed E-state index contributed by atoms with van der Waals surface area (Å²) in [6.07, 6.45) is 3.88. The number of aliphatic hydroxyl groups is 1. The minimum atomic E-state index is -1.20. The molecule has 1 heterocycles. The minimum absolute atomic E-state index is 0.125. The molecule has 0 aliphatic heterocycles. The van der Waals surface area contributed by atoms with Crippen LogP contribution in [-0.4, -0.2) is 64.5 Å². The van der Waals surface area contributed by atoms with Crippen molar-refractivity contribution in [2.45, 2.75) is 64.1 Å². The topological polar surface area (TPSA) is 86.0 Å². The van der Waals surface area contributed by atoms with Gasteiger partial charge in [0.05, 0.1) is 6.54 Å². The Labute approximate surface area is 160 Å². The Kier molecular flexibility index (Phi) is 6.22. The van der Waals surface area contributed by atoms with E-state index < -0.39 is 5.60 Å². The standard InChI is InChI=1S/C20H31N3O4/c1-3-22(4-2)14-16-8-9-17(27-16)18(24)23(15-6-7-15)13-12-21-19(25)20(26)10-5-11-20/h8-9,15,26H,3-7,10-14H2,1-2H3,(H,21,25). The lowest BCUT2D eigenvalue weighted by Gasteiger charge is -2.35. The number of nitrogens with zero attached hydrogens (tertiary/aromatic N) is 2. The van der Waals surface area contributed by atoms with Crippen LogP contribution in [0, 0.1) is 0 Å². The van der Waals surface area contributed by atoms with E-state index in [-0.39, 0.29) is 17.9 Å². The smallest absolute Gasteiger partial charge is 0.289 e. The van der Waals surface area contributed by atoms with E-state index in [0.717, 1.165) is 38.1 Å². The SMILES string of the molecule is CCN(CC)Cc1ccc(C(=O)N(CCNC(=O)C2(O)CCC2)C2CC2)o1. The van der Waals surface area contributed by atoms with Crippen molar-refractivity contribution in [3.63, 3.8) is 0 Å². The zero-order chi connectivity index (χ0) is 19.4. The molecule has 2 saturated carbocycles. The van der Waals surface area contributed by atoms with Gasteiger partial charge in [0.25, 0.3) is 11.8 Å². The summed E-state index contributed by atoms with van der Waals surface area (Å²) in [5.41, 5.74) is -1.20. The van der Waals surface area contributed by atoms with Crippen LogP contribution in [0.3, 0.4) is 0 Å². The summed E-state index contributed by atoms with van der Waals surface area (Å²) >= 11 is 0. The first kappa shape index (κ1) is 19.9. The normalized spacial score (nSPS) is 18.2. The molecule has 2 aliphatic carbocycles. The summed E-state index contributed by atoms with van der Waals surface area (Å²) in [5.74, 6) is 0.697. The second kappa shape index (κ2) is 8.44. The fourth-order valence-corrected chi connectivity index (χ4v) is 3.42. The first-order chi connectivity index (χ1) is 13.0. The lowest BCUT2D eigenvalue weighted by atomic mass is 9.79. The number of nitrogens with one attached hydrogen (secondary N) is 1. The number of carbonyl (C=O) groups is 2. The van der Waals surface area contributed by atoms with Crippen LogP contribution in [0.25, 0.3) is 0 Å². The molecule has 0 atom stereocenters. The molecule has 0 radical (unpaired) electrons. The summed E-state index contributed by atoms with van der Waals surface area (Å²) in [4.78, 5) is 28.9. The van der Waals surface area contributed by atoms with Gasteiger partial charge in [0.15, 0.2) is 5.76 Å². The summed E-state index contributed by atoms with van der Waals surface area (Å²) in [6.45, 7) is 7.52. The maximum atomic E-state index is 12.9. The van der Waals surface area contributed by atoms with Crippen molar-refractivity contribution < 1.29 is 19.1 Å². The highest BCUT2D eigenvalue weighted by Gasteiger charge is 2.42. The fraction of sp³-hybridized carbons (Fsp3) is 0.700. The number of hydrogen-bond donors (Lipinski definition) is 2. The van der Waals surface area contributed by atoms with Crippen molar-refractivity contribution in [1.29, 1.82) is 0 Å². The van der Waals surface area contributed by atoms with Crippen LogP contribution in [0.5, 0.6) is 0 Å². The van der Waals surface area contributed by atoms with Gasteiger partial charge < -0.3 is 19.7 Å². The van der Waals surface area contributed by atoms with Gasteiger partial charge in [-0.05, 0) is 57.3 Å². The summed E-state index contributed by atoms with van der Waals surface area (Å²) in [6, 6.07) is 3.83. The van der Waals surface area contributed by atoms with E-state index in [9.17, 15) is 14.7 Å². The fourth-order valence-electron chi connectivity index (χ4n) is 3.42. The highest BCUT2D eigenvalue weighted by Crippen LogP contribution is 2.31. The summed E-state index contributed by atoms with van der Waals surface area (Å²) in [7, 11) is 0. The number of hydrogen-bond acceptors (Lipinski definition) is 5.